The molecule has 42 heavy (non-hydrogen) atoms. The first-order valence-corrected chi connectivity index (χ1v) is 15.3. The summed E-state index contributed by atoms with van der Waals surface area (Å²) in [4.78, 5) is 14.1. The Morgan fingerprint density at radius 3 is 2.45 bits per heavy atom. The van der Waals surface area contributed by atoms with Crippen molar-refractivity contribution in [1.82, 2.24) is 10.1 Å². The van der Waals surface area contributed by atoms with Crippen molar-refractivity contribution in [3.05, 3.63) is 87.0 Å². The van der Waals surface area contributed by atoms with Gasteiger partial charge in [-0.15, -0.1) is 0 Å². The molecule has 2 aromatic heterocycles. The maximum Gasteiger partial charge on any atom is 0.372 e. The lowest BCUT2D eigenvalue weighted by Crippen LogP contribution is -2.45. The van der Waals surface area contributed by atoms with Gasteiger partial charge in [-0.05, 0) is 80.3 Å². The normalized spacial score (nSPS) is 22.1. The molecule has 3 fully saturated rings. The van der Waals surface area contributed by atoms with Crippen LogP contribution in [0.4, 0.5) is 0 Å². The summed E-state index contributed by atoms with van der Waals surface area (Å²) in [5.41, 5.74) is 6.17. The van der Waals surface area contributed by atoms with E-state index in [4.69, 9.17) is 36.9 Å². The smallest absolute Gasteiger partial charge is 0.372 e. The predicted octanol–water partition coefficient (Wildman–Crippen LogP) is 8.50. The van der Waals surface area contributed by atoms with Crippen LogP contribution in [-0.4, -0.2) is 39.3 Å². The number of furan rings is 1. The highest BCUT2D eigenvalue weighted by Gasteiger charge is 2.43. The summed E-state index contributed by atoms with van der Waals surface area (Å²) in [7, 11) is 0. The minimum atomic E-state index is -1.07. The molecule has 1 saturated carbocycles. The lowest BCUT2D eigenvalue weighted by atomic mass is 9.96. The van der Waals surface area contributed by atoms with Crippen LogP contribution in [0, 0.1) is 6.92 Å². The van der Waals surface area contributed by atoms with E-state index in [-0.39, 0.29) is 11.9 Å². The molecule has 4 heterocycles. The van der Waals surface area contributed by atoms with Crippen LogP contribution in [0.15, 0.2) is 57.7 Å². The summed E-state index contributed by atoms with van der Waals surface area (Å²) in [6, 6.07) is 14.2. The third-order valence-corrected chi connectivity index (χ3v) is 9.70. The van der Waals surface area contributed by atoms with Crippen molar-refractivity contribution in [2.75, 3.05) is 0 Å². The molecule has 4 aromatic rings. The van der Waals surface area contributed by atoms with Crippen molar-refractivity contribution in [1.29, 1.82) is 0 Å². The largest absolute Gasteiger partial charge is 0.475 e. The van der Waals surface area contributed by atoms with Gasteiger partial charge in [-0.3, -0.25) is 4.90 Å². The number of hydrogen-bond acceptors (Lipinski definition) is 6. The lowest BCUT2D eigenvalue weighted by molar-refractivity contribution is -0.0306. The van der Waals surface area contributed by atoms with Crippen molar-refractivity contribution in [3.63, 3.8) is 0 Å². The average Bonchev–Trinajstić information content (AvgIpc) is 3.46. The molecule has 0 radical (unpaired) electrons. The Kier molecular flexibility index (Phi) is 7.39. The average molecular weight is 608 g/mol. The Morgan fingerprint density at radius 1 is 1.05 bits per heavy atom. The van der Waals surface area contributed by atoms with Gasteiger partial charge in [0.15, 0.2) is 0 Å². The molecule has 2 atom stereocenters. The number of aromatic nitrogens is 1. The molecule has 218 valence electrons. The van der Waals surface area contributed by atoms with E-state index in [9.17, 15) is 9.90 Å². The molecule has 0 amide bonds. The van der Waals surface area contributed by atoms with E-state index in [1.165, 1.54) is 6.26 Å². The van der Waals surface area contributed by atoms with Gasteiger partial charge >= 0.3 is 5.97 Å². The summed E-state index contributed by atoms with van der Waals surface area (Å²) < 4.78 is 17.6. The minimum absolute atomic E-state index is 0.0399. The first-order chi connectivity index (χ1) is 20.4. The van der Waals surface area contributed by atoms with E-state index in [0.29, 0.717) is 40.2 Å². The molecule has 9 heteroatoms. The van der Waals surface area contributed by atoms with Gasteiger partial charge in [0.25, 0.3) is 0 Å². The number of fused-ring (bicyclic) bond motifs is 2. The zero-order valence-corrected chi connectivity index (χ0v) is 24.8. The number of hydrogen-bond donors (Lipinski definition) is 1. The molecular weight excluding hydrogens is 575 g/mol. The minimum Gasteiger partial charge on any atom is -0.475 e. The number of ether oxygens (including phenoxy) is 1. The Labute approximate surface area is 254 Å². The quantitative estimate of drug-likeness (QED) is 0.204. The monoisotopic (exact) mass is 606 g/mol. The van der Waals surface area contributed by atoms with Gasteiger partial charge in [-0.25, -0.2) is 4.79 Å². The molecule has 3 aliphatic rings. The number of carboxylic acids is 1. The Balaban J connectivity index is 1.04. The molecule has 2 unspecified atom stereocenters. The highest BCUT2D eigenvalue weighted by molar-refractivity contribution is 6.39. The van der Waals surface area contributed by atoms with E-state index in [0.717, 1.165) is 84.3 Å². The Hall–Kier alpha value is -3.10. The molecule has 0 spiro atoms. The zero-order valence-electron chi connectivity index (χ0n) is 23.3. The number of piperidine rings is 1. The number of halogens is 2. The fourth-order valence-corrected chi connectivity index (χ4v) is 7.46. The number of benzene rings is 2. The van der Waals surface area contributed by atoms with E-state index < -0.39 is 5.97 Å². The molecular formula is C33H32Cl2N2O5. The molecule has 7 nitrogen and oxygen atoms in total. The van der Waals surface area contributed by atoms with Crippen molar-refractivity contribution in [2.45, 2.75) is 82.7 Å². The Bertz CT molecular complexity index is 1610. The molecule has 7 rings (SSSR count). The third kappa shape index (κ3) is 5.17. The lowest BCUT2D eigenvalue weighted by Gasteiger charge is -2.39. The summed E-state index contributed by atoms with van der Waals surface area (Å²) >= 11 is 13.2. The van der Waals surface area contributed by atoms with Crippen molar-refractivity contribution >= 4 is 29.2 Å². The highest BCUT2D eigenvalue weighted by Crippen LogP contribution is 2.48. The topological polar surface area (TPSA) is 88.9 Å². The third-order valence-electron chi connectivity index (χ3n) is 9.07. The zero-order chi connectivity index (χ0) is 29.0. The predicted molar refractivity (Wildman–Crippen MR) is 160 cm³/mol. The number of rotatable bonds is 9. The fraction of sp³-hybridized carbons (Fsp3) is 0.394. The highest BCUT2D eigenvalue weighted by atomic mass is 35.5. The SMILES string of the molecule is Cc1cc(COC2CC3CCC(C2)N3Cc2c(-c3c(Cl)cccc3Cl)noc2C2CC2)ccc1-c1ccoc1C(=O)O. The van der Waals surface area contributed by atoms with Crippen LogP contribution in [0.3, 0.4) is 0 Å². The first kappa shape index (κ1) is 27.7. The summed E-state index contributed by atoms with van der Waals surface area (Å²) in [6.07, 6.45) is 8.14. The number of aryl methyl sites for hydroxylation is 1. The summed E-state index contributed by atoms with van der Waals surface area (Å²) in [5.74, 6) is 0.310. The van der Waals surface area contributed by atoms with Gasteiger partial charge in [-0.2, -0.15) is 0 Å². The summed E-state index contributed by atoms with van der Waals surface area (Å²) in [6.45, 7) is 3.29. The van der Waals surface area contributed by atoms with Crippen molar-refractivity contribution in [3.8, 4) is 22.4 Å². The number of carbonyl (C=O) groups is 1. The number of carboxylic acid groups (broad SMARTS) is 1. The standard InChI is InChI=1S/C33H32Cl2N2O5/c1-18-13-19(5-10-24(18)25-11-12-40-32(25)33(38)39)17-41-23-14-21-8-9-22(15-23)37(21)16-26-30(36-42-31(26)20-6-7-20)29-27(34)3-2-4-28(29)35/h2-5,10-13,20-23H,6-9,14-17H2,1H3,(H,38,39). The Morgan fingerprint density at radius 2 is 1.79 bits per heavy atom. The van der Waals surface area contributed by atoms with Crippen LogP contribution in [0.2, 0.25) is 10.0 Å². The first-order valence-electron chi connectivity index (χ1n) is 14.6. The number of nitrogens with zero attached hydrogens (tertiary/aromatic N) is 2. The van der Waals surface area contributed by atoms with Crippen LogP contribution in [0.25, 0.3) is 22.4 Å². The van der Waals surface area contributed by atoms with Crippen LogP contribution in [0.5, 0.6) is 0 Å². The van der Waals surface area contributed by atoms with Crippen LogP contribution in [0.1, 0.15) is 77.4 Å². The van der Waals surface area contributed by atoms with Gasteiger partial charge in [0.2, 0.25) is 5.76 Å². The van der Waals surface area contributed by atoms with Gasteiger partial charge in [0, 0.05) is 41.2 Å². The van der Waals surface area contributed by atoms with E-state index in [1.54, 1.807) is 6.07 Å². The van der Waals surface area contributed by atoms with Gasteiger partial charge in [-0.1, -0.05) is 52.6 Å². The molecule has 1 N–H and O–H groups in total. The van der Waals surface area contributed by atoms with Crippen LogP contribution < -0.4 is 0 Å². The molecule has 1 aliphatic carbocycles. The van der Waals surface area contributed by atoms with Gasteiger partial charge in [0.1, 0.15) is 11.5 Å². The van der Waals surface area contributed by atoms with Gasteiger partial charge < -0.3 is 18.8 Å². The molecule has 2 saturated heterocycles. The van der Waals surface area contributed by atoms with E-state index in [1.807, 2.05) is 37.3 Å². The van der Waals surface area contributed by atoms with Crippen LogP contribution >= 0.6 is 23.2 Å². The van der Waals surface area contributed by atoms with Gasteiger partial charge in [0.05, 0.1) is 29.0 Å². The maximum absolute atomic E-state index is 11.5. The second kappa shape index (κ2) is 11.2. The maximum atomic E-state index is 11.5. The second-order valence-corrected chi connectivity index (χ2v) is 12.6. The van der Waals surface area contributed by atoms with E-state index >= 15 is 0 Å². The van der Waals surface area contributed by atoms with Crippen molar-refractivity contribution in [2.24, 2.45) is 0 Å². The van der Waals surface area contributed by atoms with E-state index in [2.05, 4.69) is 16.1 Å². The van der Waals surface area contributed by atoms with Crippen LogP contribution in [-0.2, 0) is 17.9 Å². The number of aromatic carboxylic acids is 1. The summed E-state index contributed by atoms with van der Waals surface area (Å²) in [5, 5.41) is 15.1. The molecule has 2 aromatic carbocycles. The van der Waals surface area contributed by atoms with Crippen molar-refractivity contribution < 1.29 is 23.6 Å². The fourth-order valence-electron chi connectivity index (χ4n) is 6.88. The molecule has 2 aliphatic heterocycles. The molecule has 2 bridgehead atoms. The second-order valence-electron chi connectivity index (χ2n) is 11.8.